The molecule has 23 heavy (non-hydrogen) atoms. The molecule has 0 fully saturated rings. The Balaban J connectivity index is -0.00000200. The molecule has 0 spiro atoms. The Bertz CT molecular complexity index is 556. The molecule has 3 atom stereocenters. The van der Waals surface area contributed by atoms with Crippen LogP contribution in [0, 0.1) is 0 Å². The molecule has 0 rings (SSSR count). The predicted molar refractivity (Wildman–Crippen MR) is 53.5 cm³/mol. The molecule has 0 aliphatic heterocycles. The number of rotatable bonds is 8. The maximum absolute atomic E-state index is 11.0. The van der Waals surface area contributed by atoms with Crippen LogP contribution in [0.5, 0.6) is 0 Å². The van der Waals surface area contributed by atoms with E-state index in [1.54, 1.807) is 0 Å². The first-order valence-corrected chi connectivity index (χ1v) is 11.2. The van der Waals surface area contributed by atoms with Gasteiger partial charge in [0.2, 0.25) is 0 Å². The molecule has 128 valence electrons. The Kier molecular flexibility index (Phi) is 12.5. The summed E-state index contributed by atoms with van der Waals surface area (Å²) in [4.78, 5) is 62.2. The second-order valence-electron chi connectivity index (χ2n) is 2.67. The summed E-state index contributed by atoms with van der Waals surface area (Å²) in [5.41, 5.74) is 0. The van der Waals surface area contributed by atoms with Crippen molar-refractivity contribution in [1.29, 1.82) is 0 Å². The van der Waals surface area contributed by atoms with Gasteiger partial charge in [0, 0.05) is 0 Å². The fraction of sp³-hybridized carbons (Fsp3) is 0. The first-order chi connectivity index (χ1) is 8.83. The van der Waals surface area contributed by atoms with Crippen molar-refractivity contribution >= 4 is 39.1 Å². The summed E-state index contributed by atoms with van der Waals surface area (Å²) in [5.74, 6) is 0. The molecule has 0 aliphatic rings. The molecular weight excluding hydrogens is 425 g/mol. The van der Waals surface area contributed by atoms with E-state index in [0.29, 0.717) is 0 Å². The average molecular weight is 430 g/mol. The van der Waals surface area contributed by atoms with E-state index in [0.717, 1.165) is 0 Å². The van der Waals surface area contributed by atoms with Crippen LogP contribution in [-0.2, 0) is 40.1 Å². The van der Waals surface area contributed by atoms with Crippen LogP contribution in [0.25, 0.3) is 0 Å². The monoisotopic (exact) mass is 430 g/mol. The topological polar surface area (TPSA) is 270 Å². The minimum atomic E-state index is -6.17. The Hall–Kier alpha value is 1.90. The van der Waals surface area contributed by atoms with Crippen LogP contribution in [-0.4, -0.2) is 24.5 Å². The summed E-state index contributed by atoms with van der Waals surface area (Å²) in [6.07, 6.45) is 0. The van der Waals surface area contributed by atoms with Gasteiger partial charge in [-0.15, -0.1) is 0 Å². The smallest absolute Gasteiger partial charge is 0.789 e. The molecule has 0 aromatic heterocycles. The molecule has 16 nitrogen and oxygen atoms in total. The van der Waals surface area contributed by atoms with Gasteiger partial charge >= 0.3 is 69.0 Å². The van der Waals surface area contributed by atoms with Gasteiger partial charge in [0.05, 0.1) is 7.82 Å². The molecule has 0 aromatic carbocycles. The van der Waals surface area contributed by atoms with Gasteiger partial charge in [0.1, 0.15) is 0 Å². The number of phosphoric acid groups is 5. The first kappa shape index (κ1) is 29.7. The summed E-state index contributed by atoms with van der Waals surface area (Å²) >= 11 is 0. The second kappa shape index (κ2) is 9.73. The van der Waals surface area contributed by atoms with Crippen LogP contribution in [0.1, 0.15) is 0 Å². The quantitative estimate of drug-likeness (QED) is 0.177. The van der Waals surface area contributed by atoms with E-state index in [1.165, 1.54) is 0 Å². The zero-order valence-corrected chi connectivity index (χ0v) is 15.4. The molecule has 0 amide bonds. The van der Waals surface area contributed by atoms with E-state index >= 15 is 0 Å². The standard InChI is InChI=1S/2Li.H7O16P5/c;;1-17(2,3)13-19(7,8)15-21(11,12)16-20(9,10)14-18(4,5)6/h;;(H,7,8)(H,9,10)(H,11,12)(H2,1,2,3)(H2,4,5,6)/q2*+1;/p-2. The summed E-state index contributed by atoms with van der Waals surface area (Å²) in [7, 11) is -30.1. The SMILES string of the molecule is O=P([O-])([O-])OP(=O)(O)OP(=O)(O)OP(=O)(O)OP(=O)(O)O.[Li+].[Li+]. The van der Waals surface area contributed by atoms with Crippen LogP contribution in [0.15, 0.2) is 0 Å². The van der Waals surface area contributed by atoms with Crippen molar-refractivity contribution in [3.8, 4) is 0 Å². The molecule has 0 aliphatic carbocycles. The third-order valence-electron chi connectivity index (χ3n) is 0.825. The fourth-order valence-corrected chi connectivity index (χ4v) is 5.90. The number of hydrogen-bond donors (Lipinski definition) is 5. The molecule has 0 radical (unpaired) electrons. The first-order valence-electron chi connectivity index (χ1n) is 3.74. The maximum atomic E-state index is 11.0. The van der Waals surface area contributed by atoms with Crippen molar-refractivity contribution in [1.82, 2.24) is 0 Å². The van der Waals surface area contributed by atoms with Gasteiger partial charge in [-0.1, -0.05) is 0 Å². The van der Waals surface area contributed by atoms with Gasteiger partial charge in [-0.05, 0) is 0 Å². The van der Waals surface area contributed by atoms with E-state index in [9.17, 15) is 32.6 Å². The predicted octanol–water partition coefficient (Wildman–Crippen LogP) is -7.72. The summed E-state index contributed by atoms with van der Waals surface area (Å²) in [6.45, 7) is 0. The Morgan fingerprint density at radius 3 is 1.09 bits per heavy atom. The van der Waals surface area contributed by atoms with Crippen molar-refractivity contribution in [2.45, 2.75) is 0 Å². The van der Waals surface area contributed by atoms with Gasteiger partial charge < -0.3 is 38.8 Å². The Morgan fingerprint density at radius 1 is 0.565 bits per heavy atom. The van der Waals surface area contributed by atoms with E-state index in [1.807, 2.05) is 0 Å². The molecule has 0 aromatic rings. The van der Waals surface area contributed by atoms with E-state index in [4.69, 9.17) is 24.5 Å². The molecular formula is H5Li2O16P5. The normalized spacial score (nSPS) is 20.1. The van der Waals surface area contributed by atoms with Crippen molar-refractivity contribution in [2.24, 2.45) is 0 Å². The van der Waals surface area contributed by atoms with Crippen LogP contribution in [0.4, 0.5) is 0 Å². The molecule has 23 heteroatoms. The number of hydrogen-bond acceptors (Lipinski definition) is 11. The Morgan fingerprint density at radius 2 is 0.826 bits per heavy atom. The fourth-order valence-electron chi connectivity index (χ4n) is 0.566. The van der Waals surface area contributed by atoms with E-state index < -0.39 is 39.1 Å². The van der Waals surface area contributed by atoms with Gasteiger partial charge in [0.25, 0.3) is 0 Å². The maximum Gasteiger partial charge on any atom is 1.00 e. The minimum Gasteiger partial charge on any atom is -0.789 e. The molecule has 3 unspecified atom stereocenters. The van der Waals surface area contributed by atoms with Crippen LogP contribution >= 0.6 is 39.1 Å². The Labute approximate surface area is 151 Å². The van der Waals surface area contributed by atoms with Crippen molar-refractivity contribution < 1.29 is 112 Å². The van der Waals surface area contributed by atoms with Crippen molar-refractivity contribution in [3.63, 3.8) is 0 Å². The molecule has 0 saturated carbocycles. The third kappa shape index (κ3) is 17.1. The van der Waals surface area contributed by atoms with E-state index in [-0.39, 0.29) is 37.7 Å². The molecule has 0 heterocycles. The zero-order chi connectivity index (χ0) is 17.3. The van der Waals surface area contributed by atoms with Gasteiger partial charge in [-0.25, -0.2) is 18.3 Å². The van der Waals surface area contributed by atoms with Gasteiger partial charge in [-0.2, -0.15) is 12.9 Å². The molecule has 0 bridgehead atoms. The van der Waals surface area contributed by atoms with Gasteiger partial charge in [0.15, 0.2) is 0 Å². The summed E-state index contributed by atoms with van der Waals surface area (Å²) in [6, 6.07) is 0. The van der Waals surface area contributed by atoms with Crippen LogP contribution in [0.2, 0.25) is 0 Å². The van der Waals surface area contributed by atoms with Crippen molar-refractivity contribution in [2.75, 3.05) is 0 Å². The average Bonchev–Trinajstić information content (AvgIpc) is 1.83. The van der Waals surface area contributed by atoms with Crippen LogP contribution < -0.4 is 47.5 Å². The molecule has 0 saturated heterocycles. The zero-order valence-electron chi connectivity index (χ0n) is 11.0. The van der Waals surface area contributed by atoms with Gasteiger partial charge in [-0.3, -0.25) is 4.31 Å². The molecule has 5 N–H and O–H groups in total. The van der Waals surface area contributed by atoms with Crippen LogP contribution in [0.3, 0.4) is 0 Å². The third-order valence-corrected chi connectivity index (χ3v) is 7.43. The van der Waals surface area contributed by atoms with Crippen molar-refractivity contribution in [3.05, 3.63) is 0 Å². The second-order valence-corrected chi connectivity index (χ2v) is 9.97. The van der Waals surface area contributed by atoms with E-state index in [2.05, 4.69) is 17.2 Å². The summed E-state index contributed by atoms with van der Waals surface area (Å²) < 4.78 is 64.9. The summed E-state index contributed by atoms with van der Waals surface area (Å²) in [5, 5.41) is 0. The minimum absolute atomic E-state index is 0. The largest absolute Gasteiger partial charge is 1.00 e.